The summed E-state index contributed by atoms with van der Waals surface area (Å²) >= 11 is 1.27. The minimum absolute atomic E-state index is 0.238. The molecule has 9 heteroatoms. The van der Waals surface area contributed by atoms with Gasteiger partial charge < -0.3 is 5.32 Å². The molecule has 4 rings (SSSR count). The van der Waals surface area contributed by atoms with Crippen LogP contribution >= 0.6 is 11.3 Å². The van der Waals surface area contributed by atoms with Crippen LogP contribution < -0.4 is 5.32 Å². The first kappa shape index (κ1) is 17.9. The van der Waals surface area contributed by atoms with E-state index in [0.29, 0.717) is 21.3 Å². The molecule has 2 aromatic carbocycles. The summed E-state index contributed by atoms with van der Waals surface area (Å²) in [7, 11) is 0. The molecular weight excluding hydrogens is 379 g/mol. The van der Waals surface area contributed by atoms with Crippen molar-refractivity contribution < 1.29 is 9.18 Å². The Kier molecular flexibility index (Phi) is 4.66. The van der Waals surface area contributed by atoms with Crippen LogP contribution in [0.1, 0.15) is 20.9 Å². The zero-order chi connectivity index (χ0) is 19.7. The zero-order valence-electron chi connectivity index (χ0n) is 15.0. The number of thiazole rings is 1. The van der Waals surface area contributed by atoms with E-state index in [1.807, 2.05) is 19.1 Å². The summed E-state index contributed by atoms with van der Waals surface area (Å²) < 4.78 is 14.7. The Bertz CT molecular complexity index is 1140. The number of hydrogen-bond acceptors (Lipinski definition) is 6. The SMILES string of the molecule is Cc1cc(NC(=O)c2sc(-c3ccc(F)cc3)nc2C)ccc1-n1cnnn1. The fraction of sp³-hybridized carbons (Fsp3) is 0.105. The van der Waals surface area contributed by atoms with E-state index in [2.05, 4.69) is 25.8 Å². The maximum atomic E-state index is 13.1. The van der Waals surface area contributed by atoms with Gasteiger partial charge in [0.05, 0.1) is 11.4 Å². The highest BCUT2D eigenvalue weighted by atomic mass is 32.1. The van der Waals surface area contributed by atoms with E-state index in [1.54, 1.807) is 29.8 Å². The van der Waals surface area contributed by atoms with Gasteiger partial charge >= 0.3 is 0 Å². The van der Waals surface area contributed by atoms with Gasteiger partial charge in [-0.05, 0) is 72.3 Å². The molecule has 0 unspecified atom stereocenters. The van der Waals surface area contributed by atoms with E-state index in [-0.39, 0.29) is 11.7 Å². The third kappa shape index (κ3) is 3.52. The van der Waals surface area contributed by atoms with Gasteiger partial charge in [-0.15, -0.1) is 16.4 Å². The molecule has 0 atom stereocenters. The molecule has 0 saturated carbocycles. The predicted octanol–water partition coefficient (Wildman–Crippen LogP) is 3.79. The van der Waals surface area contributed by atoms with Crippen molar-refractivity contribution in [3.8, 4) is 16.3 Å². The lowest BCUT2D eigenvalue weighted by Crippen LogP contribution is -2.12. The monoisotopic (exact) mass is 394 g/mol. The number of carbonyl (C=O) groups is 1. The molecule has 0 radical (unpaired) electrons. The molecule has 0 spiro atoms. The Morgan fingerprint density at radius 1 is 1.14 bits per heavy atom. The second-order valence-corrected chi connectivity index (χ2v) is 7.15. The van der Waals surface area contributed by atoms with Crippen molar-refractivity contribution in [2.45, 2.75) is 13.8 Å². The van der Waals surface area contributed by atoms with Crippen LogP contribution in [0.5, 0.6) is 0 Å². The summed E-state index contributed by atoms with van der Waals surface area (Å²) in [4.78, 5) is 17.7. The van der Waals surface area contributed by atoms with Gasteiger partial charge in [0, 0.05) is 11.3 Å². The van der Waals surface area contributed by atoms with Crippen molar-refractivity contribution in [1.82, 2.24) is 25.2 Å². The summed E-state index contributed by atoms with van der Waals surface area (Å²) in [5.74, 6) is -0.548. The zero-order valence-corrected chi connectivity index (χ0v) is 15.9. The van der Waals surface area contributed by atoms with Gasteiger partial charge in [0.1, 0.15) is 22.0 Å². The minimum atomic E-state index is -0.310. The first-order chi connectivity index (χ1) is 13.5. The lowest BCUT2D eigenvalue weighted by Gasteiger charge is -2.08. The summed E-state index contributed by atoms with van der Waals surface area (Å²) in [6.07, 6.45) is 1.51. The quantitative estimate of drug-likeness (QED) is 0.569. The van der Waals surface area contributed by atoms with Crippen LogP contribution in [0.2, 0.25) is 0 Å². The van der Waals surface area contributed by atoms with Crippen molar-refractivity contribution in [2.75, 3.05) is 5.32 Å². The van der Waals surface area contributed by atoms with E-state index in [4.69, 9.17) is 0 Å². The number of tetrazole rings is 1. The fourth-order valence-corrected chi connectivity index (χ4v) is 3.74. The molecule has 0 aliphatic heterocycles. The molecule has 4 aromatic rings. The van der Waals surface area contributed by atoms with Crippen LogP contribution in [0.4, 0.5) is 10.1 Å². The van der Waals surface area contributed by atoms with E-state index >= 15 is 0 Å². The number of carbonyl (C=O) groups excluding carboxylic acids is 1. The Labute approximate surface area is 163 Å². The number of anilines is 1. The predicted molar refractivity (Wildman–Crippen MR) is 104 cm³/mol. The third-order valence-electron chi connectivity index (χ3n) is 4.14. The average molecular weight is 394 g/mol. The molecule has 7 nitrogen and oxygen atoms in total. The Morgan fingerprint density at radius 3 is 2.61 bits per heavy atom. The van der Waals surface area contributed by atoms with Gasteiger partial charge in [0.2, 0.25) is 0 Å². The molecule has 140 valence electrons. The van der Waals surface area contributed by atoms with Gasteiger partial charge in [-0.2, -0.15) is 0 Å². The van der Waals surface area contributed by atoms with Crippen molar-refractivity contribution >= 4 is 22.9 Å². The van der Waals surface area contributed by atoms with Gasteiger partial charge in [-0.25, -0.2) is 14.1 Å². The fourth-order valence-electron chi connectivity index (χ4n) is 2.77. The molecule has 0 aliphatic rings. The van der Waals surface area contributed by atoms with Gasteiger partial charge in [-0.3, -0.25) is 4.79 Å². The number of nitrogens with zero attached hydrogens (tertiary/aromatic N) is 5. The molecule has 1 N–H and O–H groups in total. The summed E-state index contributed by atoms with van der Waals surface area (Å²) in [6, 6.07) is 11.5. The largest absolute Gasteiger partial charge is 0.321 e. The van der Waals surface area contributed by atoms with E-state index in [1.165, 1.54) is 29.8 Å². The first-order valence-electron chi connectivity index (χ1n) is 8.40. The summed E-state index contributed by atoms with van der Waals surface area (Å²) in [6.45, 7) is 3.70. The number of amides is 1. The van der Waals surface area contributed by atoms with Crippen molar-refractivity contribution in [1.29, 1.82) is 0 Å². The number of halogens is 1. The average Bonchev–Trinajstić information content (AvgIpc) is 3.32. The van der Waals surface area contributed by atoms with E-state index in [9.17, 15) is 9.18 Å². The highest BCUT2D eigenvalue weighted by Gasteiger charge is 2.17. The molecule has 2 heterocycles. The van der Waals surface area contributed by atoms with Gasteiger partial charge in [0.15, 0.2) is 0 Å². The highest BCUT2D eigenvalue weighted by Crippen LogP contribution is 2.29. The molecule has 1 amide bonds. The number of aromatic nitrogens is 5. The number of aryl methyl sites for hydroxylation is 2. The van der Waals surface area contributed by atoms with Crippen molar-refractivity contribution in [2.24, 2.45) is 0 Å². The van der Waals surface area contributed by atoms with Crippen LogP contribution in [-0.4, -0.2) is 31.1 Å². The molecule has 0 saturated heterocycles. The van der Waals surface area contributed by atoms with Crippen molar-refractivity contribution in [3.63, 3.8) is 0 Å². The van der Waals surface area contributed by atoms with Crippen LogP contribution in [0, 0.1) is 19.7 Å². The van der Waals surface area contributed by atoms with Crippen LogP contribution in [-0.2, 0) is 0 Å². The third-order valence-corrected chi connectivity index (χ3v) is 5.35. The highest BCUT2D eigenvalue weighted by molar-refractivity contribution is 7.17. The smallest absolute Gasteiger partial charge is 0.267 e. The number of nitrogens with one attached hydrogen (secondary N) is 1. The van der Waals surface area contributed by atoms with Gasteiger partial charge in [0.25, 0.3) is 5.91 Å². The Morgan fingerprint density at radius 2 is 1.93 bits per heavy atom. The lowest BCUT2D eigenvalue weighted by molar-refractivity contribution is 0.103. The minimum Gasteiger partial charge on any atom is -0.321 e. The van der Waals surface area contributed by atoms with Crippen LogP contribution in [0.25, 0.3) is 16.3 Å². The molecule has 2 aromatic heterocycles. The number of hydrogen-bond donors (Lipinski definition) is 1. The Balaban J connectivity index is 1.55. The first-order valence-corrected chi connectivity index (χ1v) is 9.21. The number of rotatable bonds is 4. The second kappa shape index (κ2) is 7.28. The normalized spacial score (nSPS) is 10.8. The topological polar surface area (TPSA) is 85.6 Å². The molecule has 0 bridgehead atoms. The Hall–Kier alpha value is -3.46. The second-order valence-electron chi connectivity index (χ2n) is 6.15. The summed E-state index contributed by atoms with van der Waals surface area (Å²) in [5.41, 5.74) is 3.81. The van der Waals surface area contributed by atoms with Gasteiger partial charge in [-0.1, -0.05) is 0 Å². The molecule has 0 aliphatic carbocycles. The molecular formula is C19H15FN6OS. The van der Waals surface area contributed by atoms with Crippen LogP contribution in [0.15, 0.2) is 48.8 Å². The lowest BCUT2D eigenvalue weighted by atomic mass is 10.1. The van der Waals surface area contributed by atoms with E-state index in [0.717, 1.165) is 16.8 Å². The van der Waals surface area contributed by atoms with E-state index < -0.39 is 0 Å². The number of benzene rings is 2. The standard InChI is InChI=1S/C19H15FN6OS/c1-11-9-15(7-8-16(11)26-10-21-24-25-26)23-18(27)17-12(2)22-19(28-17)13-3-5-14(20)6-4-13/h3-10H,1-2H3,(H,23,27). The molecule has 0 fully saturated rings. The maximum absolute atomic E-state index is 13.1. The molecule has 28 heavy (non-hydrogen) atoms. The summed E-state index contributed by atoms with van der Waals surface area (Å²) in [5, 5.41) is 14.7. The van der Waals surface area contributed by atoms with Crippen LogP contribution in [0.3, 0.4) is 0 Å². The maximum Gasteiger partial charge on any atom is 0.267 e. The van der Waals surface area contributed by atoms with Crippen molar-refractivity contribution in [3.05, 3.63) is 70.7 Å².